The van der Waals surface area contributed by atoms with Gasteiger partial charge in [-0.1, -0.05) is 6.42 Å². The molecule has 3 fully saturated rings. The van der Waals surface area contributed by atoms with Crippen LogP contribution in [-0.2, 0) is 4.79 Å². The molecule has 18 heavy (non-hydrogen) atoms. The van der Waals surface area contributed by atoms with Crippen molar-refractivity contribution in [2.45, 2.75) is 57.5 Å². The van der Waals surface area contributed by atoms with Crippen LogP contribution in [0.4, 0.5) is 0 Å². The molecule has 0 aromatic rings. The summed E-state index contributed by atoms with van der Waals surface area (Å²) in [5, 5.41) is 0. The Morgan fingerprint density at radius 3 is 2.44 bits per heavy atom. The molecule has 3 aliphatic rings. The third kappa shape index (κ3) is 2.27. The number of likely N-dealkylation sites (tertiary alicyclic amines) is 1. The molecule has 0 radical (unpaired) electrons. The van der Waals surface area contributed by atoms with Crippen LogP contribution in [0.5, 0.6) is 0 Å². The normalized spacial score (nSPS) is 39.8. The molecule has 1 amide bonds. The minimum absolute atomic E-state index is 0. The zero-order chi connectivity index (χ0) is 12.0. The zero-order valence-electron chi connectivity index (χ0n) is 11.2. The van der Waals surface area contributed by atoms with Crippen molar-refractivity contribution in [1.82, 2.24) is 4.90 Å². The third-order valence-electron chi connectivity index (χ3n) is 5.13. The van der Waals surface area contributed by atoms with Gasteiger partial charge < -0.3 is 10.6 Å². The summed E-state index contributed by atoms with van der Waals surface area (Å²) >= 11 is 0. The van der Waals surface area contributed by atoms with Gasteiger partial charge in [0.25, 0.3) is 0 Å². The van der Waals surface area contributed by atoms with E-state index in [4.69, 9.17) is 5.73 Å². The summed E-state index contributed by atoms with van der Waals surface area (Å²) in [6.45, 7) is 2.99. The first-order valence-corrected chi connectivity index (χ1v) is 7.26. The fraction of sp³-hybridized carbons (Fsp3) is 0.929. The van der Waals surface area contributed by atoms with Gasteiger partial charge in [0.05, 0.1) is 0 Å². The molecule has 0 aromatic carbocycles. The molecule has 104 valence electrons. The highest BCUT2D eigenvalue weighted by molar-refractivity contribution is 5.85. The van der Waals surface area contributed by atoms with E-state index in [9.17, 15) is 4.79 Å². The third-order valence-corrected chi connectivity index (χ3v) is 5.13. The molecule has 0 bridgehead atoms. The Bertz CT molecular complexity index is 311. The molecule has 0 spiro atoms. The van der Waals surface area contributed by atoms with E-state index in [1.165, 1.54) is 25.7 Å². The molecule has 1 aliphatic heterocycles. The number of hydrogen-bond acceptors (Lipinski definition) is 2. The lowest BCUT2D eigenvalue weighted by atomic mass is 9.95. The van der Waals surface area contributed by atoms with Crippen molar-refractivity contribution in [1.29, 1.82) is 0 Å². The van der Waals surface area contributed by atoms with Crippen LogP contribution < -0.4 is 5.73 Å². The van der Waals surface area contributed by atoms with E-state index >= 15 is 0 Å². The number of rotatable bonds is 2. The number of amides is 1. The Labute approximate surface area is 116 Å². The van der Waals surface area contributed by atoms with Gasteiger partial charge >= 0.3 is 0 Å². The van der Waals surface area contributed by atoms with Crippen molar-refractivity contribution in [3.63, 3.8) is 0 Å². The summed E-state index contributed by atoms with van der Waals surface area (Å²) in [4.78, 5) is 14.7. The maximum atomic E-state index is 12.6. The van der Waals surface area contributed by atoms with Gasteiger partial charge in [-0.25, -0.2) is 0 Å². The van der Waals surface area contributed by atoms with Crippen molar-refractivity contribution in [2.24, 2.45) is 23.5 Å². The summed E-state index contributed by atoms with van der Waals surface area (Å²) in [5.74, 6) is 2.28. The van der Waals surface area contributed by atoms with Gasteiger partial charge in [-0.05, 0) is 50.9 Å². The van der Waals surface area contributed by atoms with Crippen molar-refractivity contribution in [3.05, 3.63) is 0 Å². The maximum absolute atomic E-state index is 12.6. The molecular formula is C14H25ClN2O. The van der Waals surface area contributed by atoms with Gasteiger partial charge in [0.15, 0.2) is 0 Å². The summed E-state index contributed by atoms with van der Waals surface area (Å²) < 4.78 is 0. The van der Waals surface area contributed by atoms with Gasteiger partial charge in [-0.15, -0.1) is 12.4 Å². The quantitative estimate of drug-likeness (QED) is 0.838. The summed E-state index contributed by atoms with van der Waals surface area (Å²) in [6.07, 6.45) is 7.42. The number of halogens is 1. The summed E-state index contributed by atoms with van der Waals surface area (Å²) in [7, 11) is 0. The van der Waals surface area contributed by atoms with Crippen LogP contribution in [0.2, 0.25) is 0 Å². The predicted molar refractivity (Wildman–Crippen MR) is 74.6 cm³/mol. The average Bonchev–Trinajstić information content (AvgIpc) is 2.81. The lowest BCUT2D eigenvalue weighted by Gasteiger charge is -2.38. The van der Waals surface area contributed by atoms with Crippen LogP contribution in [0.25, 0.3) is 0 Å². The van der Waals surface area contributed by atoms with Gasteiger partial charge in [-0.3, -0.25) is 4.79 Å². The van der Waals surface area contributed by atoms with Crippen LogP contribution in [0, 0.1) is 17.8 Å². The highest BCUT2D eigenvalue weighted by atomic mass is 35.5. The maximum Gasteiger partial charge on any atom is 0.226 e. The van der Waals surface area contributed by atoms with Gasteiger partial charge in [-0.2, -0.15) is 0 Å². The number of fused-ring (bicyclic) bond motifs is 1. The van der Waals surface area contributed by atoms with Crippen LogP contribution >= 0.6 is 12.4 Å². The van der Waals surface area contributed by atoms with E-state index in [2.05, 4.69) is 4.90 Å². The molecule has 4 unspecified atom stereocenters. The topological polar surface area (TPSA) is 46.3 Å². The minimum Gasteiger partial charge on any atom is -0.338 e. The van der Waals surface area contributed by atoms with Crippen LogP contribution in [-0.4, -0.2) is 29.4 Å². The Balaban J connectivity index is 0.00000120. The Hall–Kier alpha value is -0.280. The number of nitrogens with zero attached hydrogens (tertiary/aromatic N) is 1. The van der Waals surface area contributed by atoms with Gasteiger partial charge in [0.1, 0.15) is 0 Å². The number of carbonyl (C=O) groups is 1. The molecule has 0 aromatic heterocycles. The predicted octanol–water partition coefficient (Wildman–Crippen LogP) is 2.18. The molecule has 2 aliphatic carbocycles. The average molecular weight is 273 g/mol. The SMILES string of the molecule is CC(N)C1CCCCN1C(=O)C1C2CCCC21.Cl. The second kappa shape index (κ2) is 5.38. The molecule has 2 saturated carbocycles. The van der Waals surface area contributed by atoms with E-state index in [0.717, 1.165) is 31.2 Å². The highest BCUT2D eigenvalue weighted by Gasteiger charge is 2.58. The molecule has 1 heterocycles. The number of carbonyl (C=O) groups excluding carboxylic acids is 1. The summed E-state index contributed by atoms with van der Waals surface area (Å²) in [6, 6.07) is 0.426. The molecule has 1 saturated heterocycles. The number of piperidine rings is 1. The highest BCUT2D eigenvalue weighted by Crippen LogP contribution is 2.58. The van der Waals surface area contributed by atoms with Crippen molar-refractivity contribution >= 4 is 18.3 Å². The zero-order valence-corrected chi connectivity index (χ0v) is 12.0. The standard InChI is InChI=1S/C14H24N2O.ClH/c1-9(15)12-7-2-3-8-16(12)14(17)13-10-5-4-6-11(10)13;/h9-13H,2-8,15H2,1H3;1H. The minimum atomic E-state index is 0. The van der Waals surface area contributed by atoms with Crippen LogP contribution in [0.3, 0.4) is 0 Å². The van der Waals surface area contributed by atoms with Gasteiger partial charge in [0, 0.05) is 24.5 Å². The lowest BCUT2D eigenvalue weighted by molar-refractivity contribution is -0.137. The second-order valence-electron chi connectivity index (χ2n) is 6.24. The molecule has 3 nitrogen and oxygen atoms in total. The molecule has 4 heteroatoms. The van der Waals surface area contributed by atoms with Gasteiger partial charge in [0.2, 0.25) is 5.91 Å². The van der Waals surface area contributed by atoms with Crippen molar-refractivity contribution in [3.8, 4) is 0 Å². The fourth-order valence-corrected chi connectivity index (χ4v) is 4.16. The molecular weight excluding hydrogens is 248 g/mol. The van der Waals surface area contributed by atoms with E-state index in [0.29, 0.717) is 17.9 Å². The first-order valence-electron chi connectivity index (χ1n) is 7.26. The fourth-order valence-electron chi connectivity index (χ4n) is 4.16. The van der Waals surface area contributed by atoms with E-state index in [-0.39, 0.29) is 18.4 Å². The largest absolute Gasteiger partial charge is 0.338 e. The lowest BCUT2D eigenvalue weighted by Crippen LogP contribution is -2.52. The van der Waals surface area contributed by atoms with Crippen molar-refractivity contribution in [2.75, 3.05) is 6.54 Å². The second-order valence-corrected chi connectivity index (χ2v) is 6.24. The monoisotopic (exact) mass is 272 g/mol. The van der Waals surface area contributed by atoms with Crippen LogP contribution in [0.1, 0.15) is 45.4 Å². The smallest absolute Gasteiger partial charge is 0.226 e. The first-order chi connectivity index (χ1) is 8.20. The van der Waals surface area contributed by atoms with Crippen LogP contribution in [0.15, 0.2) is 0 Å². The van der Waals surface area contributed by atoms with Crippen molar-refractivity contribution < 1.29 is 4.79 Å². The Kier molecular flexibility index (Phi) is 4.22. The van der Waals surface area contributed by atoms with E-state index in [1.807, 2.05) is 6.92 Å². The molecule has 3 rings (SSSR count). The Morgan fingerprint density at radius 1 is 1.17 bits per heavy atom. The summed E-state index contributed by atoms with van der Waals surface area (Å²) in [5.41, 5.74) is 6.04. The Morgan fingerprint density at radius 2 is 1.83 bits per heavy atom. The number of nitrogens with two attached hydrogens (primary N) is 1. The van der Waals surface area contributed by atoms with E-state index in [1.54, 1.807) is 0 Å². The molecule has 2 N–H and O–H groups in total. The molecule has 4 atom stereocenters. The number of hydrogen-bond donors (Lipinski definition) is 1. The van der Waals surface area contributed by atoms with E-state index < -0.39 is 0 Å². The first kappa shape index (κ1) is 14.1.